The second-order valence-corrected chi connectivity index (χ2v) is 8.20. The fraction of sp³-hybridized carbons (Fsp3) is 0.0345. The van der Waals surface area contributed by atoms with Gasteiger partial charge in [-0.1, -0.05) is 30.3 Å². The van der Waals surface area contributed by atoms with Crippen molar-refractivity contribution in [3.8, 4) is 0 Å². The lowest BCUT2D eigenvalue weighted by molar-refractivity contribution is 0.102. The zero-order valence-electron chi connectivity index (χ0n) is 19.0. The number of rotatable bonds is 6. The van der Waals surface area contributed by atoms with Gasteiger partial charge in [0.1, 0.15) is 5.82 Å². The van der Waals surface area contributed by atoms with Gasteiger partial charge in [-0.15, -0.1) is 0 Å². The highest BCUT2D eigenvalue weighted by Gasteiger charge is 2.10. The van der Waals surface area contributed by atoms with E-state index in [0.717, 1.165) is 16.9 Å². The Morgan fingerprint density at radius 2 is 1.54 bits per heavy atom. The van der Waals surface area contributed by atoms with E-state index in [-0.39, 0.29) is 11.7 Å². The van der Waals surface area contributed by atoms with Gasteiger partial charge in [-0.05, 0) is 79.2 Å². The predicted octanol–water partition coefficient (Wildman–Crippen LogP) is 7.42. The Morgan fingerprint density at radius 3 is 2.40 bits per heavy atom. The first-order valence-corrected chi connectivity index (χ1v) is 11.2. The van der Waals surface area contributed by atoms with Crippen LogP contribution in [0.25, 0.3) is 10.9 Å². The predicted molar refractivity (Wildman–Crippen MR) is 140 cm³/mol. The molecule has 5 nitrogen and oxygen atoms in total. The molecule has 0 saturated heterocycles. The van der Waals surface area contributed by atoms with Crippen molar-refractivity contribution < 1.29 is 9.18 Å². The number of carbonyl (C=O) groups excluding carboxylic acids is 1. The minimum atomic E-state index is -0.333. The molecular formula is C29H23FN4O. The molecule has 0 atom stereocenters. The topological polar surface area (TPSA) is 66.0 Å². The van der Waals surface area contributed by atoms with Gasteiger partial charge in [0.15, 0.2) is 0 Å². The molecule has 0 aliphatic carbocycles. The van der Waals surface area contributed by atoms with E-state index in [1.54, 1.807) is 36.5 Å². The maximum absolute atomic E-state index is 13.8. The van der Waals surface area contributed by atoms with Crippen LogP contribution in [0.15, 0.2) is 103 Å². The summed E-state index contributed by atoms with van der Waals surface area (Å²) in [6, 6.07) is 29.1. The standard InChI is InChI=1S/C29H23FN4O/c1-19-10-12-24(18-28(19)32-22-7-3-2-4-8-22)34-29(35)20-6-5-9-23(16-20)33-27-14-15-31-26-13-11-21(30)17-25(26)27/h2-18,32H,1H3,(H,31,33)(H,34,35). The van der Waals surface area contributed by atoms with Crippen LogP contribution < -0.4 is 16.0 Å². The number of halogens is 1. The molecule has 35 heavy (non-hydrogen) atoms. The summed E-state index contributed by atoms with van der Waals surface area (Å²) in [5.74, 6) is -0.560. The van der Waals surface area contributed by atoms with Crippen LogP contribution in [0.3, 0.4) is 0 Å². The van der Waals surface area contributed by atoms with Crippen LogP contribution in [-0.2, 0) is 0 Å². The van der Waals surface area contributed by atoms with Crippen LogP contribution in [0, 0.1) is 12.7 Å². The fourth-order valence-corrected chi connectivity index (χ4v) is 3.84. The second kappa shape index (κ2) is 9.65. The van der Waals surface area contributed by atoms with Gasteiger partial charge < -0.3 is 16.0 Å². The molecule has 1 heterocycles. The van der Waals surface area contributed by atoms with E-state index in [1.165, 1.54) is 12.1 Å². The van der Waals surface area contributed by atoms with Crippen molar-refractivity contribution in [2.75, 3.05) is 16.0 Å². The molecule has 172 valence electrons. The Labute approximate surface area is 202 Å². The summed E-state index contributed by atoms with van der Waals surface area (Å²) in [4.78, 5) is 17.3. The number of anilines is 5. The molecule has 1 aromatic heterocycles. The molecule has 0 bridgehead atoms. The van der Waals surface area contributed by atoms with E-state index >= 15 is 0 Å². The van der Waals surface area contributed by atoms with Gasteiger partial charge in [0.25, 0.3) is 5.91 Å². The van der Waals surface area contributed by atoms with Crippen molar-refractivity contribution in [2.24, 2.45) is 0 Å². The molecule has 1 amide bonds. The highest BCUT2D eigenvalue weighted by atomic mass is 19.1. The lowest BCUT2D eigenvalue weighted by Crippen LogP contribution is -2.12. The van der Waals surface area contributed by atoms with Crippen molar-refractivity contribution in [1.29, 1.82) is 0 Å². The number of hydrogen-bond acceptors (Lipinski definition) is 4. The third kappa shape index (κ3) is 5.12. The summed E-state index contributed by atoms with van der Waals surface area (Å²) in [6.45, 7) is 2.01. The molecule has 6 heteroatoms. The average molecular weight is 463 g/mol. The zero-order valence-corrected chi connectivity index (χ0v) is 19.0. The first-order valence-electron chi connectivity index (χ1n) is 11.2. The Morgan fingerprint density at radius 1 is 0.743 bits per heavy atom. The lowest BCUT2D eigenvalue weighted by atomic mass is 10.1. The van der Waals surface area contributed by atoms with Crippen LogP contribution in [0.2, 0.25) is 0 Å². The maximum atomic E-state index is 13.8. The average Bonchev–Trinajstić information content (AvgIpc) is 2.87. The quantitative estimate of drug-likeness (QED) is 0.246. The van der Waals surface area contributed by atoms with Gasteiger partial charge in [-0.3, -0.25) is 9.78 Å². The van der Waals surface area contributed by atoms with Crippen molar-refractivity contribution in [2.45, 2.75) is 6.92 Å². The van der Waals surface area contributed by atoms with E-state index in [1.807, 2.05) is 61.5 Å². The minimum absolute atomic E-state index is 0.228. The number of hydrogen-bond donors (Lipinski definition) is 3. The number of carbonyl (C=O) groups is 1. The summed E-state index contributed by atoms with van der Waals surface area (Å²) in [5.41, 5.74) is 6.25. The van der Waals surface area contributed by atoms with Crippen molar-refractivity contribution in [1.82, 2.24) is 4.98 Å². The van der Waals surface area contributed by atoms with Gasteiger partial charge in [0, 0.05) is 45.6 Å². The Bertz CT molecular complexity index is 1520. The fourth-order valence-electron chi connectivity index (χ4n) is 3.84. The van der Waals surface area contributed by atoms with Gasteiger partial charge >= 0.3 is 0 Å². The highest BCUT2D eigenvalue weighted by molar-refractivity contribution is 6.05. The summed E-state index contributed by atoms with van der Waals surface area (Å²) in [6.07, 6.45) is 1.66. The zero-order chi connectivity index (χ0) is 24.2. The van der Waals surface area contributed by atoms with Gasteiger partial charge in [-0.2, -0.15) is 0 Å². The number of pyridine rings is 1. The van der Waals surface area contributed by atoms with Crippen molar-refractivity contribution in [3.05, 3.63) is 120 Å². The van der Waals surface area contributed by atoms with E-state index in [2.05, 4.69) is 20.9 Å². The van der Waals surface area contributed by atoms with Crippen LogP contribution in [0.4, 0.5) is 32.8 Å². The molecule has 0 saturated carbocycles. The van der Waals surface area contributed by atoms with Gasteiger partial charge in [0.05, 0.1) is 5.52 Å². The summed E-state index contributed by atoms with van der Waals surface area (Å²) < 4.78 is 13.8. The third-order valence-electron chi connectivity index (χ3n) is 5.66. The molecule has 5 rings (SSSR count). The van der Waals surface area contributed by atoms with Crippen molar-refractivity contribution in [3.63, 3.8) is 0 Å². The molecule has 0 aliphatic heterocycles. The summed E-state index contributed by atoms with van der Waals surface area (Å²) >= 11 is 0. The molecule has 0 spiro atoms. The number of para-hydroxylation sites is 1. The largest absolute Gasteiger partial charge is 0.355 e. The summed E-state index contributed by atoms with van der Waals surface area (Å²) in [7, 11) is 0. The SMILES string of the molecule is Cc1ccc(NC(=O)c2cccc(Nc3ccnc4ccc(F)cc34)c2)cc1Nc1ccccc1. The van der Waals surface area contributed by atoms with E-state index in [9.17, 15) is 9.18 Å². The molecule has 0 unspecified atom stereocenters. The lowest BCUT2D eigenvalue weighted by Gasteiger charge is -2.13. The Kier molecular flexibility index (Phi) is 6.09. The van der Waals surface area contributed by atoms with Gasteiger partial charge in [0.2, 0.25) is 0 Å². The minimum Gasteiger partial charge on any atom is -0.355 e. The number of aryl methyl sites for hydroxylation is 1. The number of aromatic nitrogens is 1. The molecule has 0 fully saturated rings. The molecule has 3 N–H and O–H groups in total. The smallest absolute Gasteiger partial charge is 0.255 e. The second-order valence-electron chi connectivity index (χ2n) is 8.20. The molecule has 4 aromatic carbocycles. The molecule has 0 aliphatic rings. The van der Waals surface area contributed by atoms with Crippen molar-refractivity contribution >= 4 is 45.2 Å². The molecule has 0 radical (unpaired) electrons. The van der Waals surface area contributed by atoms with Gasteiger partial charge in [-0.25, -0.2) is 4.39 Å². The highest BCUT2D eigenvalue weighted by Crippen LogP contribution is 2.27. The van der Waals surface area contributed by atoms with E-state index in [4.69, 9.17) is 0 Å². The molecular weight excluding hydrogens is 439 g/mol. The van der Waals surface area contributed by atoms with E-state index < -0.39 is 0 Å². The monoisotopic (exact) mass is 462 g/mol. The Balaban J connectivity index is 1.34. The normalized spacial score (nSPS) is 10.7. The maximum Gasteiger partial charge on any atom is 0.255 e. The number of benzene rings is 4. The number of nitrogens with zero attached hydrogens (tertiary/aromatic N) is 1. The first-order chi connectivity index (χ1) is 17.0. The number of nitrogens with one attached hydrogen (secondary N) is 3. The van der Waals surface area contributed by atoms with Crippen LogP contribution in [-0.4, -0.2) is 10.9 Å². The van der Waals surface area contributed by atoms with E-state index in [0.29, 0.717) is 33.5 Å². The number of fused-ring (bicyclic) bond motifs is 1. The van der Waals surface area contributed by atoms with Crippen LogP contribution >= 0.6 is 0 Å². The third-order valence-corrected chi connectivity index (χ3v) is 5.66. The molecule has 5 aromatic rings. The van der Waals surface area contributed by atoms with Crippen LogP contribution in [0.1, 0.15) is 15.9 Å². The first kappa shape index (κ1) is 22.1. The number of amides is 1. The van der Waals surface area contributed by atoms with Crippen LogP contribution in [0.5, 0.6) is 0 Å². The summed E-state index contributed by atoms with van der Waals surface area (Å²) in [5, 5.41) is 10.3. The Hall–Kier alpha value is -4.71.